The van der Waals surface area contributed by atoms with Gasteiger partial charge in [0.1, 0.15) is 11.6 Å². The summed E-state index contributed by atoms with van der Waals surface area (Å²) in [5.74, 6) is 1.16. The molecule has 0 fully saturated rings. The number of halogens is 1. The van der Waals surface area contributed by atoms with E-state index >= 15 is 0 Å². The molecule has 0 saturated carbocycles. The molecular formula is C23H20BrN3O2. The van der Waals surface area contributed by atoms with Crippen LogP contribution in [0.4, 0.5) is 0 Å². The number of aromatic nitrogens is 2. The van der Waals surface area contributed by atoms with Crippen LogP contribution in [0.3, 0.4) is 0 Å². The molecule has 1 heterocycles. The second-order valence-electron chi connectivity index (χ2n) is 6.61. The number of imidazole rings is 1. The molecule has 0 aliphatic heterocycles. The highest BCUT2D eigenvalue weighted by Gasteiger charge is 2.15. The zero-order chi connectivity index (χ0) is 20.2. The molecule has 0 radical (unpaired) electrons. The summed E-state index contributed by atoms with van der Waals surface area (Å²) in [6, 6.07) is 23.4. The van der Waals surface area contributed by atoms with Gasteiger partial charge in [-0.25, -0.2) is 4.98 Å². The third kappa shape index (κ3) is 4.17. The Morgan fingerprint density at radius 2 is 1.76 bits per heavy atom. The molecule has 146 valence electrons. The molecule has 1 N–H and O–H groups in total. The number of ether oxygens (including phenoxy) is 1. The van der Waals surface area contributed by atoms with Crippen molar-refractivity contribution in [2.24, 2.45) is 0 Å². The maximum Gasteiger partial charge on any atom is 0.255 e. The van der Waals surface area contributed by atoms with Gasteiger partial charge in [0.25, 0.3) is 5.91 Å². The number of hydrogen-bond acceptors (Lipinski definition) is 3. The largest absolute Gasteiger partial charge is 0.496 e. The van der Waals surface area contributed by atoms with Gasteiger partial charge in [0, 0.05) is 11.0 Å². The summed E-state index contributed by atoms with van der Waals surface area (Å²) < 4.78 is 8.48. The molecule has 0 saturated heterocycles. The lowest BCUT2D eigenvalue weighted by molar-refractivity contribution is 0.0946. The van der Waals surface area contributed by atoms with Crippen LogP contribution in [0.25, 0.3) is 11.0 Å². The average molecular weight is 450 g/mol. The second-order valence-corrected chi connectivity index (χ2v) is 7.53. The van der Waals surface area contributed by atoms with Crippen LogP contribution in [-0.4, -0.2) is 22.6 Å². The summed E-state index contributed by atoms with van der Waals surface area (Å²) in [6.07, 6.45) is 0. The number of benzene rings is 3. The number of hydrogen-bond donors (Lipinski definition) is 1. The minimum atomic E-state index is -0.190. The van der Waals surface area contributed by atoms with Gasteiger partial charge in [0.05, 0.1) is 30.3 Å². The molecular weight excluding hydrogens is 430 g/mol. The lowest BCUT2D eigenvalue weighted by atomic mass is 10.2. The number of carbonyl (C=O) groups excluding carboxylic acids is 1. The Morgan fingerprint density at radius 3 is 2.55 bits per heavy atom. The number of nitrogens with one attached hydrogen (secondary N) is 1. The molecule has 0 unspecified atom stereocenters. The Kier molecular flexibility index (Phi) is 5.62. The van der Waals surface area contributed by atoms with Crippen molar-refractivity contribution in [3.63, 3.8) is 0 Å². The Morgan fingerprint density at radius 1 is 1.03 bits per heavy atom. The van der Waals surface area contributed by atoms with E-state index in [2.05, 4.69) is 37.9 Å². The molecule has 5 nitrogen and oxygen atoms in total. The number of amides is 1. The molecule has 0 aliphatic rings. The fourth-order valence-electron chi connectivity index (χ4n) is 3.30. The van der Waals surface area contributed by atoms with Gasteiger partial charge in [0.15, 0.2) is 0 Å². The SMILES string of the molecule is COc1ccccc1C(=O)NCc1nc2ccccc2n1Cc1ccc(Br)cc1. The molecule has 1 aromatic heterocycles. The summed E-state index contributed by atoms with van der Waals surface area (Å²) in [6.45, 7) is 0.996. The van der Waals surface area contributed by atoms with Gasteiger partial charge in [-0.05, 0) is 42.0 Å². The van der Waals surface area contributed by atoms with Crippen LogP contribution in [0.2, 0.25) is 0 Å². The van der Waals surface area contributed by atoms with Gasteiger partial charge in [0.2, 0.25) is 0 Å². The lowest BCUT2D eigenvalue weighted by Gasteiger charge is -2.12. The average Bonchev–Trinajstić information content (AvgIpc) is 3.11. The first-order chi connectivity index (χ1) is 14.2. The fraction of sp³-hybridized carbons (Fsp3) is 0.130. The van der Waals surface area contributed by atoms with Crippen LogP contribution < -0.4 is 10.1 Å². The Hall–Kier alpha value is -3.12. The fourth-order valence-corrected chi connectivity index (χ4v) is 3.56. The van der Waals surface area contributed by atoms with E-state index in [0.29, 0.717) is 24.4 Å². The van der Waals surface area contributed by atoms with Gasteiger partial charge in [-0.15, -0.1) is 0 Å². The highest BCUT2D eigenvalue weighted by atomic mass is 79.9. The van der Waals surface area contributed by atoms with E-state index in [0.717, 1.165) is 26.9 Å². The van der Waals surface area contributed by atoms with Crippen LogP contribution in [0, 0.1) is 0 Å². The Bertz CT molecular complexity index is 1150. The molecule has 1 amide bonds. The lowest BCUT2D eigenvalue weighted by Crippen LogP contribution is -2.25. The van der Waals surface area contributed by atoms with Crippen LogP contribution in [0.5, 0.6) is 5.75 Å². The van der Waals surface area contributed by atoms with E-state index < -0.39 is 0 Å². The first kappa shape index (κ1) is 19.2. The predicted octanol–water partition coefficient (Wildman–Crippen LogP) is 4.79. The van der Waals surface area contributed by atoms with Crippen LogP contribution in [-0.2, 0) is 13.1 Å². The molecule has 0 aliphatic carbocycles. The van der Waals surface area contributed by atoms with E-state index in [1.165, 1.54) is 0 Å². The Labute approximate surface area is 177 Å². The molecule has 0 spiro atoms. The van der Waals surface area contributed by atoms with E-state index in [-0.39, 0.29) is 5.91 Å². The van der Waals surface area contributed by atoms with Gasteiger partial charge in [-0.3, -0.25) is 4.79 Å². The molecule has 6 heteroatoms. The Balaban J connectivity index is 1.61. The summed E-state index contributed by atoms with van der Waals surface area (Å²) in [5.41, 5.74) is 3.61. The van der Waals surface area contributed by atoms with E-state index in [4.69, 9.17) is 9.72 Å². The van der Waals surface area contributed by atoms with Crippen molar-refractivity contribution in [1.29, 1.82) is 0 Å². The van der Waals surface area contributed by atoms with Gasteiger partial charge in [-0.1, -0.05) is 52.3 Å². The van der Waals surface area contributed by atoms with Gasteiger partial charge >= 0.3 is 0 Å². The minimum Gasteiger partial charge on any atom is -0.496 e. The van der Waals surface area contributed by atoms with Crippen molar-refractivity contribution >= 4 is 32.9 Å². The monoisotopic (exact) mass is 449 g/mol. The summed E-state index contributed by atoms with van der Waals surface area (Å²) in [4.78, 5) is 17.4. The maximum atomic E-state index is 12.7. The first-order valence-electron chi connectivity index (χ1n) is 9.25. The predicted molar refractivity (Wildman–Crippen MR) is 117 cm³/mol. The molecule has 0 atom stereocenters. The maximum absolute atomic E-state index is 12.7. The second kappa shape index (κ2) is 8.49. The third-order valence-electron chi connectivity index (χ3n) is 4.75. The van der Waals surface area contributed by atoms with Crippen molar-refractivity contribution in [2.75, 3.05) is 7.11 Å². The molecule has 3 aromatic carbocycles. The van der Waals surface area contributed by atoms with Crippen LogP contribution >= 0.6 is 15.9 Å². The first-order valence-corrected chi connectivity index (χ1v) is 10.0. The highest BCUT2D eigenvalue weighted by molar-refractivity contribution is 9.10. The third-order valence-corrected chi connectivity index (χ3v) is 5.27. The minimum absolute atomic E-state index is 0.190. The van der Waals surface area contributed by atoms with Crippen molar-refractivity contribution in [1.82, 2.24) is 14.9 Å². The van der Waals surface area contributed by atoms with E-state index in [9.17, 15) is 4.79 Å². The number of fused-ring (bicyclic) bond motifs is 1. The van der Waals surface area contributed by atoms with Gasteiger partial charge < -0.3 is 14.6 Å². The topological polar surface area (TPSA) is 56.1 Å². The summed E-state index contributed by atoms with van der Waals surface area (Å²) in [7, 11) is 1.56. The number of nitrogens with zero attached hydrogens (tertiary/aromatic N) is 2. The zero-order valence-corrected chi connectivity index (χ0v) is 17.5. The summed E-state index contributed by atoms with van der Waals surface area (Å²) in [5, 5.41) is 2.98. The molecule has 29 heavy (non-hydrogen) atoms. The van der Waals surface area contributed by atoms with E-state index in [1.807, 2.05) is 48.5 Å². The zero-order valence-electron chi connectivity index (χ0n) is 15.9. The smallest absolute Gasteiger partial charge is 0.255 e. The van der Waals surface area contributed by atoms with Crippen molar-refractivity contribution in [3.8, 4) is 5.75 Å². The number of rotatable bonds is 6. The quantitative estimate of drug-likeness (QED) is 0.460. The summed E-state index contributed by atoms with van der Waals surface area (Å²) >= 11 is 3.48. The van der Waals surface area contributed by atoms with E-state index in [1.54, 1.807) is 19.2 Å². The van der Waals surface area contributed by atoms with Gasteiger partial charge in [-0.2, -0.15) is 0 Å². The normalized spacial score (nSPS) is 10.8. The molecule has 0 bridgehead atoms. The highest BCUT2D eigenvalue weighted by Crippen LogP contribution is 2.20. The van der Waals surface area contributed by atoms with Crippen LogP contribution in [0.1, 0.15) is 21.7 Å². The number of methoxy groups -OCH3 is 1. The number of para-hydroxylation sites is 3. The number of carbonyl (C=O) groups is 1. The molecule has 4 rings (SSSR count). The van der Waals surface area contributed by atoms with Crippen molar-refractivity contribution in [2.45, 2.75) is 13.1 Å². The molecule has 4 aromatic rings. The van der Waals surface area contributed by atoms with Crippen LogP contribution in [0.15, 0.2) is 77.3 Å². The van der Waals surface area contributed by atoms with Crippen molar-refractivity contribution in [3.05, 3.63) is 94.2 Å². The standard InChI is InChI=1S/C23H20BrN3O2/c1-29-21-9-5-2-6-18(21)23(28)25-14-22-26-19-7-3-4-8-20(19)27(22)15-16-10-12-17(24)13-11-16/h2-13H,14-15H2,1H3,(H,25,28). The van der Waals surface area contributed by atoms with Crippen molar-refractivity contribution < 1.29 is 9.53 Å².